The zero-order valence-corrected chi connectivity index (χ0v) is 14.4. The van der Waals surface area contributed by atoms with E-state index in [1.807, 2.05) is 36.0 Å². The summed E-state index contributed by atoms with van der Waals surface area (Å²) in [4.78, 5) is 4.60. The van der Waals surface area contributed by atoms with Gasteiger partial charge in [-0.15, -0.1) is 0 Å². The molecule has 0 atom stereocenters. The van der Waals surface area contributed by atoms with E-state index in [9.17, 15) is 0 Å². The van der Waals surface area contributed by atoms with Crippen LogP contribution in [0, 0.1) is 13.8 Å². The van der Waals surface area contributed by atoms with Crippen molar-refractivity contribution in [1.29, 1.82) is 0 Å². The van der Waals surface area contributed by atoms with Crippen molar-refractivity contribution in [2.75, 3.05) is 13.9 Å². The Hall–Kier alpha value is -3.02. The summed E-state index contributed by atoms with van der Waals surface area (Å²) < 4.78 is 18.3. The Labute approximate surface area is 146 Å². The Morgan fingerprint density at radius 3 is 2.56 bits per heavy atom. The van der Waals surface area contributed by atoms with Crippen LogP contribution in [0.15, 0.2) is 36.5 Å². The first-order chi connectivity index (χ1) is 12.1. The van der Waals surface area contributed by atoms with Crippen molar-refractivity contribution in [2.24, 2.45) is 0 Å². The van der Waals surface area contributed by atoms with Crippen LogP contribution in [-0.2, 0) is 6.54 Å². The number of aromatic nitrogens is 3. The van der Waals surface area contributed by atoms with Gasteiger partial charge in [-0.1, -0.05) is 6.07 Å². The average Bonchev–Trinajstić information content (AvgIpc) is 3.19. The van der Waals surface area contributed by atoms with Gasteiger partial charge < -0.3 is 14.2 Å². The standard InChI is InChI=1S/C19H19N3O3/c1-12-6-13(2)22(21-12)10-14-4-5-16(20-9-14)15-7-18-19(25-11-24-18)8-17(15)23-3/h4-9H,10-11H2,1-3H3. The van der Waals surface area contributed by atoms with Gasteiger partial charge in [0.25, 0.3) is 0 Å². The van der Waals surface area contributed by atoms with Crippen LogP contribution in [-0.4, -0.2) is 28.7 Å². The minimum Gasteiger partial charge on any atom is -0.496 e. The molecule has 0 amide bonds. The van der Waals surface area contributed by atoms with Crippen LogP contribution in [0.3, 0.4) is 0 Å². The number of hydrogen-bond acceptors (Lipinski definition) is 5. The molecule has 1 aliphatic rings. The predicted octanol–water partition coefficient (Wildman–Crippen LogP) is 3.35. The van der Waals surface area contributed by atoms with Crippen molar-refractivity contribution < 1.29 is 14.2 Å². The summed E-state index contributed by atoms with van der Waals surface area (Å²) in [5.74, 6) is 2.12. The summed E-state index contributed by atoms with van der Waals surface area (Å²) in [5.41, 5.74) is 4.96. The molecule has 0 spiro atoms. The van der Waals surface area contributed by atoms with Crippen LogP contribution in [0.4, 0.5) is 0 Å². The van der Waals surface area contributed by atoms with Crippen molar-refractivity contribution in [3.8, 4) is 28.5 Å². The maximum Gasteiger partial charge on any atom is 0.231 e. The van der Waals surface area contributed by atoms with Gasteiger partial charge in [-0.05, 0) is 37.6 Å². The number of pyridine rings is 1. The van der Waals surface area contributed by atoms with E-state index < -0.39 is 0 Å². The highest BCUT2D eigenvalue weighted by molar-refractivity contribution is 5.72. The molecule has 0 aliphatic carbocycles. The lowest BCUT2D eigenvalue weighted by Crippen LogP contribution is -2.04. The highest BCUT2D eigenvalue weighted by Crippen LogP contribution is 2.41. The lowest BCUT2D eigenvalue weighted by atomic mass is 10.1. The van der Waals surface area contributed by atoms with E-state index in [0.29, 0.717) is 23.8 Å². The number of fused-ring (bicyclic) bond motifs is 1. The van der Waals surface area contributed by atoms with Crippen LogP contribution < -0.4 is 14.2 Å². The summed E-state index contributed by atoms with van der Waals surface area (Å²) in [6.45, 7) is 4.98. The van der Waals surface area contributed by atoms with Crippen molar-refractivity contribution in [3.05, 3.63) is 53.5 Å². The topological polar surface area (TPSA) is 58.4 Å². The van der Waals surface area contributed by atoms with Crippen molar-refractivity contribution in [3.63, 3.8) is 0 Å². The van der Waals surface area contributed by atoms with Crippen LogP contribution in [0.5, 0.6) is 17.2 Å². The minimum atomic E-state index is 0.233. The van der Waals surface area contributed by atoms with E-state index in [1.54, 1.807) is 7.11 Å². The zero-order valence-electron chi connectivity index (χ0n) is 14.4. The molecule has 2 aromatic heterocycles. The monoisotopic (exact) mass is 337 g/mol. The maximum atomic E-state index is 5.48. The number of aryl methyl sites for hydroxylation is 2. The molecule has 0 saturated carbocycles. The highest BCUT2D eigenvalue weighted by Gasteiger charge is 2.19. The van der Waals surface area contributed by atoms with E-state index in [0.717, 1.165) is 28.2 Å². The number of methoxy groups -OCH3 is 1. The second-order valence-electron chi connectivity index (χ2n) is 6.04. The largest absolute Gasteiger partial charge is 0.496 e. The van der Waals surface area contributed by atoms with Crippen LogP contribution in [0.2, 0.25) is 0 Å². The molecule has 0 bridgehead atoms. The van der Waals surface area contributed by atoms with E-state index >= 15 is 0 Å². The number of hydrogen-bond donors (Lipinski definition) is 0. The molecule has 0 fully saturated rings. The molecule has 128 valence electrons. The molecule has 6 heteroatoms. The molecule has 0 unspecified atom stereocenters. The number of benzene rings is 1. The fourth-order valence-electron chi connectivity index (χ4n) is 2.98. The molecule has 3 aromatic rings. The second-order valence-corrected chi connectivity index (χ2v) is 6.04. The van der Waals surface area contributed by atoms with Gasteiger partial charge in [-0.25, -0.2) is 0 Å². The lowest BCUT2D eigenvalue weighted by molar-refractivity contribution is 0.174. The molecule has 4 rings (SSSR count). The van der Waals surface area contributed by atoms with E-state index in [1.165, 1.54) is 0 Å². The Kier molecular flexibility index (Phi) is 3.80. The van der Waals surface area contributed by atoms with Gasteiger partial charge in [0.05, 0.1) is 25.0 Å². The third kappa shape index (κ3) is 2.91. The van der Waals surface area contributed by atoms with Crippen molar-refractivity contribution >= 4 is 0 Å². The summed E-state index contributed by atoms with van der Waals surface area (Å²) in [5, 5.41) is 4.49. The summed E-state index contributed by atoms with van der Waals surface area (Å²) in [6.07, 6.45) is 1.87. The number of rotatable bonds is 4. The Morgan fingerprint density at radius 2 is 1.92 bits per heavy atom. The summed E-state index contributed by atoms with van der Waals surface area (Å²) in [6, 6.07) is 9.86. The van der Waals surface area contributed by atoms with E-state index in [4.69, 9.17) is 14.2 Å². The molecule has 1 aromatic carbocycles. The average molecular weight is 337 g/mol. The van der Waals surface area contributed by atoms with E-state index in [2.05, 4.69) is 29.1 Å². The summed E-state index contributed by atoms with van der Waals surface area (Å²) >= 11 is 0. The first-order valence-electron chi connectivity index (χ1n) is 8.08. The molecule has 25 heavy (non-hydrogen) atoms. The molecule has 0 radical (unpaired) electrons. The number of ether oxygens (including phenoxy) is 3. The molecular formula is C19H19N3O3. The molecule has 0 N–H and O–H groups in total. The third-order valence-corrected chi connectivity index (χ3v) is 4.23. The Bertz CT molecular complexity index is 916. The molecular weight excluding hydrogens is 318 g/mol. The maximum absolute atomic E-state index is 5.48. The van der Waals surface area contributed by atoms with Crippen LogP contribution >= 0.6 is 0 Å². The fourth-order valence-corrected chi connectivity index (χ4v) is 2.98. The molecule has 0 saturated heterocycles. The van der Waals surface area contributed by atoms with Gasteiger partial charge >= 0.3 is 0 Å². The molecule has 3 heterocycles. The van der Waals surface area contributed by atoms with Gasteiger partial charge in [0, 0.05) is 23.5 Å². The predicted molar refractivity (Wildman–Crippen MR) is 93.2 cm³/mol. The van der Waals surface area contributed by atoms with Crippen molar-refractivity contribution in [2.45, 2.75) is 20.4 Å². The second kappa shape index (κ2) is 6.12. The quantitative estimate of drug-likeness (QED) is 0.731. The third-order valence-electron chi connectivity index (χ3n) is 4.23. The van der Waals surface area contributed by atoms with Crippen molar-refractivity contribution in [1.82, 2.24) is 14.8 Å². The van der Waals surface area contributed by atoms with Gasteiger partial charge in [0.15, 0.2) is 11.5 Å². The SMILES string of the molecule is COc1cc2c(cc1-c1ccc(Cn3nc(C)cc3C)cn1)OCO2. The van der Waals surface area contributed by atoms with Gasteiger partial charge in [0.2, 0.25) is 6.79 Å². The first kappa shape index (κ1) is 15.5. The number of nitrogens with zero attached hydrogens (tertiary/aromatic N) is 3. The van der Waals surface area contributed by atoms with Crippen LogP contribution in [0.25, 0.3) is 11.3 Å². The smallest absolute Gasteiger partial charge is 0.231 e. The Balaban J connectivity index is 1.63. The summed E-state index contributed by atoms with van der Waals surface area (Å²) in [7, 11) is 1.64. The molecule has 1 aliphatic heterocycles. The first-order valence-corrected chi connectivity index (χ1v) is 8.08. The highest BCUT2D eigenvalue weighted by atomic mass is 16.7. The van der Waals surface area contributed by atoms with E-state index in [-0.39, 0.29) is 6.79 Å². The lowest BCUT2D eigenvalue weighted by Gasteiger charge is -2.10. The normalized spacial score (nSPS) is 12.4. The Morgan fingerprint density at radius 1 is 1.12 bits per heavy atom. The van der Waals surface area contributed by atoms with Crippen LogP contribution in [0.1, 0.15) is 17.0 Å². The van der Waals surface area contributed by atoms with Gasteiger partial charge in [0.1, 0.15) is 5.75 Å². The minimum absolute atomic E-state index is 0.233. The fraction of sp³-hybridized carbons (Fsp3) is 0.263. The zero-order chi connectivity index (χ0) is 17.4. The molecule has 6 nitrogen and oxygen atoms in total. The van der Waals surface area contributed by atoms with Gasteiger partial charge in [-0.3, -0.25) is 9.67 Å². The van der Waals surface area contributed by atoms with Gasteiger partial charge in [-0.2, -0.15) is 5.10 Å².